The van der Waals surface area contributed by atoms with Gasteiger partial charge in [-0.15, -0.1) is 0 Å². The summed E-state index contributed by atoms with van der Waals surface area (Å²) in [5, 5.41) is 4.61. The summed E-state index contributed by atoms with van der Waals surface area (Å²) in [5.41, 5.74) is 5.89. The summed E-state index contributed by atoms with van der Waals surface area (Å²) >= 11 is 6.02. The van der Waals surface area contributed by atoms with E-state index in [0.29, 0.717) is 35.5 Å². The quantitative estimate of drug-likeness (QED) is 0.919. The fourth-order valence-electron chi connectivity index (χ4n) is 2.60. The van der Waals surface area contributed by atoms with Gasteiger partial charge in [0.05, 0.1) is 23.6 Å². The first-order valence-electron chi connectivity index (χ1n) is 7.17. The number of nitrogens with two attached hydrogens (primary N) is 1. The molecule has 112 valence electrons. The fraction of sp³-hybridized carbons (Fsp3) is 0.467. The third-order valence-corrected chi connectivity index (χ3v) is 4.13. The van der Waals surface area contributed by atoms with Gasteiger partial charge in [-0.05, 0) is 25.0 Å². The molecule has 0 unspecified atom stereocenters. The maximum Gasteiger partial charge on any atom is 0.230 e. The highest BCUT2D eigenvalue weighted by Crippen LogP contribution is 2.34. The van der Waals surface area contributed by atoms with Gasteiger partial charge in [-0.25, -0.2) is 0 Å². The number of nitrogens with zero attached hydrogens (tertiary/aromatic N) is 2. The Morgan fingerprint density at radius 1 is 1.29 bits per heavy atom. The van der Waals surface area contributed by atoms with E-state index in [1.54, 1.807) is 6.07 Å². The summed E-state index contributed by atoms with van der Waals surface area (Å²) in [6.07, 6.45) is 4.62. The van der Waals surface area contributed by atoms with Gasteiger partial charge in [-0.2, -0.15) is 4.98 Å². The number of aromatic nitrogens is 2. The third kappa shape index (κ3) is 3.19. The van der Waals surface area contributed by atoms with E-state index in [2.05, 4.69) is 10.1 Å². The second kappa shape index (κ2) is 6.03. The number of hydrogen-bond donors (Lipinski definition) is 1. The molecule has 1 heterocycles. The average molecular weight is 308 g/mol. The monoisotopic (exact) mass is 307 g/mol. The summed E-state index contributed by atoms with van der Waals surface area (Å²) in [6, 6.07) is 7.36. The summed E-state index contributed by atoms with van der Waals surface area (Å²) < 4.78 is 10.9. The Morgan fingerprint density at radius 3 is 2.81 bits per heavy atom. The van der Waals surface area contributed by atoms with Crippen LogP contribution in [0.5, 0.6) is 5.75 Å². The van der Waals surface area contributed by atoms with E-state index in [1.165, 1.54) is 0 Å². The molecule has 2 aromatic rings. The highest BCUT2D eigenvalue weighted by molar-refractivity contribution is 6.32. The molecule has 1 fully saturated rings. The normalized spacial score (nSPS) is 17.0. The predicted molar refractivity (Wildman–Crippen MR) is 79.3 cm³/mol. The van der Waals surface area contributed by atoms with Gasteiger partial charge in [-0.3, -0.25) is 0 Å². The topological polar surface area (TPSA) is 74.2 Å². The van der Waals surface area contributed by atoms with Gasteiger partial charge < -0.3 is 15.0 Å². The van der Waals surface area contributed by atoms with Gasteiger partial charge in [0.2, 0.25) is 5.89 Å². The molecule has 0 aliphatic heterocycles. The Hall–Kier alpha value is -1.59. The molecule has 5 nitrogen and oxygen atoms in total. The zero-order valence-electron chi connectivity index (χ0n) is 11.7. The van der Waals surface area contributed by atoms with Crippen molar-refractivity contribution in [3.05, 3.63) is 41.0 Å². The van der Waals surface area contributed by atoms with Crippen LogP contribution in [0.25, 0.3) is 0 Å². The molecular formula is C15H18ClN3O2. The van der Waals surface area contributed by atoms with E-state index in [0.717, 1.165) is 25.7 Å². The lowest BCUT2D eigenvalue weighted by atomic mass is 9.99. The molecule has 1 aliphatic rings. The highest BCUT2D eigenvalue weighted by atomic mass is 35.5. The maximum atomic E-state index is 6.30. The van der Waals surface area contributed by atoms with Crippen molar-refractivity contribution in [3.8, 4) is 5.75 Å². The smallest absolute Gasteiger partial charge is 0.230 e. The SMILES string of the molecule is NC1(c2noc(CCOc3ccccc3Cl)n2)CCCC1. The van der Waals surface area contributed by atoms with E-state index in [1.807, 2.05) is 18.2 Å². The van der Waals surface area contributed by atoms with Gasteiger partial charge in [0, 0.05) is 0 Å². The number of hydrogen-bond acceptors (Lipinski definition) is 5. The highest BCUT2D eigenvalue weighted by Gasteiger charge is 2.35. The van der Waals surface area contributed by atoms with Crippen molar-refractivity contribution in [2.45, 2.75) is 37.6 Å². The van der Waals surface area contributed by atoms with E-state index in [9.17, 15) is 0 Å². The second-order valence-corrected chi connectivity index (χ2v) is 5.81. The molecule has 3 rings (SSSR count). The Balaban J connectivity index is 1.57. The zero-order chi connectivity index (χ0) is 14.7. The van der Waals surface area contributed by atoms with Crippen LogP contribution in [0.1, 0.15) is 37.4 Å². The molecule has 1 aromatic carbocycles. The summed E-state index contributed by atoms with van der Waals surface area (Å²) in [4.78, 5) is 4.40. The Kier molecular flexibility index (Phi) is 4.12. The van der Waals surface area contributed by atoms with Crippen molar-refractivity contribution in [2.24, 2.45) is 5.73 Å². The van der Waals surface area contributed by atoms with Crippen LogP contribution < -0.4 is 10.5 Å². The maximum absolute atomic E-state index is 6.30. The van der Waals surface area contributed by atoms with Crippen LogP contribution in [0.4, 0.5) is 0 Å². The van der Waals surface area contributed by atoms with Crippen LogP contribution in [0.2, 0.25) is 5.02 Å². The molecule has 21 heavy (non-hydrogen) atoms. The van der Waals surface area contributed by atoms with Crippen LogP contribution in [-0.4, -0.2) is 16.7 Å². The minimum absolute atomic E-state index is 0.411. The molecule has 0 bridgehead atoms. The lowest BCUT2D eigenvalue weighted by Gasteiger charge is -2.17. The minimum Gasteiger partial charge on any atom is -0.491 e. The lowest BCUT2D eigenvalue weighted by Crippen LogP contribution is -2.34. The first kappa shape index (κ1) is 14.4. The molecule has 1 saturated carbocycles. The molecule has 0 atom stereocenters. The molecule has 0 amide bonds. The van der Waals surface area contributed by atoms with Gasteiger partial charge in [0.1, 0.15) is 5.75 Å². The molecule has 0 saturated heterocycles. The molecule has 6 heteroatoms. The molecule has 0 spiro atoms. The van der Waals surface area contributed by atoms with Gasteiger partial charge >= 0.3 is 0 Å². The Bertz CT molecular complexity index is 608. The van der Waals surface area contributed by atoms with Crippen LogP contribution in [0.3, 0.4) is 0 Å². The van der Waals surface area contributed by atoms with Crippen molar-refractivity contribution in [2.75, 3.05) is 6.61 Å². The molecule has 0 radical (unpaired) electrons. The summed E-state index contributed by atoms with van der Waals surface area (Å²) in [5.74, 6) is 1.83. The number of ether oxygens (including phenoxy) is 1. The van der Waals surface area contributed by atoms with E-state index in [-0.39, 0.29) is 0 Å². The second-order valence-electron chi connectivity index (χ2n) is 5.40. The number of rotatable bonds is 5. The van der Waals surface area contributed by atoms with Crippen molar-refractivity contribution in [1.29, 1.82) is 0 Å². The largest absolute Gasteiger partial charge is 0.491 e. The van der Waals surface area contributed by atoms with E-state index >= 15 is 0 Å². The van der Waals surface area contributed by atoms with Crippen molar-refractivity contribution in [1.82, 2.24) is 10.1 Å². The number of benzene rings is 1. The molecular weight excluding hydrogens is 290 g/mol. The van der Waals surface area contributed by atoms with E-state index < -0.39 is 5.54 Å². The summed E-state index contributed by atoms with van der Waals surface area (Å²) in [7, 11) is 0. The van der Waals surface area contributed by atoms with Crippen molar-refractivity contribution in [3.63, 3.8) is 0 Å². The number of para-hydroxylation sites is 1. The minimum atomic E-state index is -0.411. The molecule has 1 aromatic heterocycles. The third-order valence-electron chi connectivity index (χ3n) is 3.82. The van der Waals surface area contributed by atoms with Crippen molar-refractivity contribution < 1.29 is 9.26 Å². The van der Waals surface area contributed by atoms with Crippen molar-refractivity contribution >= 4 is 11.6 Å². The van der Waals surface area contributed by atoms with Gasteiger partial charge in [0.25, 0.3) is 0 Å². The van der Waals surface area contributed by atoms with E-state index in [4.69, 9.17) is 26.6 Å². The predicted octanol–water partition coefficient (Wildman–Crippen LogP) is 3.07. The van der Waals surface area contributed by atoms with Crippen LogP contribution in [0.15, 0.2) is 28.8 Å². The van der Waals surface area contributed by atoms with Gasteiger partial charge in [0.15, 0.2) is 5.82 Å². The van der Waals surface area contributed by atoms with Crippen LogP contribution in [0, 0.1) is 0 Å². The average Bonchev–Trinajstić information content (AvgIpc) is 3.11. The number of halogens is 1. The lowest BCUT2D eigenvalue weighted by molar-refractivity contribution is 0.290. The Labute approximate surface area is 128 Å². The van der Waals surface area contributed by atoms with Gasteiger partial charge in [-0.1, -0.05) is 41.7 Å². The van der Waals surface area contributed by atoms with Crippen LogP contribution >= 0.6 is 11.6 Å². The first-order chi connectivity index (χ1) is 10.2. The standard InChI is InChI=1S/C15H18ClN3O2/c16-11-5-1-2-6-12(11)20-10-7-13-18-14(19-21-13)15(17)8-3-4-9-15/h1-2,5-6H,3-4,7-10,17H2. The zero-order valence-corrected chi connectivity index (χ0v) is 12.5. The first-order valence-corrected chi connectivity index (χ1v) is 7.54. The summed E-state index contributed by atoms with van der Waals surface area (Å²) in [6.45, 7) is 0.433. The fourth-order valence-corrected chi connectivity index (χ4v) is 2.79. The Morgan fingerprint density at radius 2 is 2.05 bits per heavy atom. The van der Waals surface area contributed by atoms with Crippen LogP contribution in [-0.2, 0) is 12.0 Å². The molecule has 2 N–H and O–H groups in total. The molecule has 1 aliphatic carbocycles.